The monoisotopic (exact) mass is 268 g/mol. The molecule has 1 amide bonds. The Labute approximate surface area is 117 Å². The highest BCUT2D eigenvalue weighted by Gasteiger charge is 2.21. The topological polar surface area (TPSA) is 51.2 Å². The molecule has 4 nitrogen and oxygen atoms in total. The van der Waals surface area contributed by atoms with Gasteiger partial charge in [0, 0.05) is 5.69 Å². The molecule has 4 heteroatoms. The third-order valence-corrected chi connectivity index (χ3v) is 3.34. The van der Waals surface area contributed by atoms with Gasteiger partial charge in [0.15, 0.2) is 0 Å². The van der Waals surface area contributed by atoms with E-state index in [0.717, 1.165) is 23.4 Å². The summed E-state index contributed by atoms with van der Waals surface area (Å²) in [6.07, 6.45) is 0.785. The van der Waals surface area contributed by atoms with Crippen molar-refractivity contribution in [1.29, 1.82) is 0 Å². The molecule has 1 aromatic heterocycles. The SMILES string of the molecule is Cc1cccc(C(=O)NC2COc3ccccc3C2)n1. The Morgan fingerprint density at radius 3 is 2.95 bits per heavy atom. The summed E-state index contributed by atoms with van der Waals surface area (Å²) in [7, 11) is 0. The molecular formula is C16H16N2O2. The van der Waals surface area contributed by atoms with Crippen LogP contribution in [-0.2, 0) is 6.42 Å². The molecule has 1 unspecified atom stereocenters. The van der Waals surface area contributed by atoms with Crippen LogP contribution >= 0.6 is 0 Å². The number of para-hydroxylation sites is 1. The highest BCUT2D eigenvalue weighted by Crippen LogP contribution is 2.23. The average Bonchev–Trinajstić information content (AvgIpc) is 2.47. The van der Waals surface area contributed by atoms with Gasteiger partial charge in [-0.3, -0.25) is 4.79 Å². The van der Waals surface area contributed by atoms with Crippen LogP contribution in [0.3, 0.4) is 0 Å². The van der Waals surface area contributed by atoms with Crippen LogP contribution < -0.4 is 10.1 Å². The van der Waals surface area contributed by atoms with E-state index in [9.17, 15) is 4.79 Å². The number of carbonyl (C=O) groups excluding carboxylic acids is 1. The minimum absolute atomic E-state index is 0.0142. The number of hydrogen-bond acceptors (Lipinski definition) is 3. The highest BCUT2D eigenvalue weighted by atomic mass is 16.5. The number of carbonyl (C=O) groups is 1. The summed E-state index contributed by atoms with van der Waals surface area (Å²) in [4.78, 5) is 16.4. The molecule has 1 atom stereocenters. The number of nitrogens with one attached hydrogen (secondary N) is 1. The fraction of sp³-hybridized carbons (Fsp3) is 0.250. The van der Waals surface area contributed by atoms with Crippen LogP contribution in [0.4, 0.5) is 0 Å². The maximum Gasteiger partial charge on any atom is 0.270 e. The van der Waals surface area contributed by atoms with E-state index in [1.165, 1.54) is 0 Å². The molecule has 1 aromatic carbocycles. The maximum absolute atomic E-state index is 12.1. The molecule has 1 aliphatic heterocycles. The Balaban J connectivity index is 1.69. The number of pyridine rings is 1. The molecule has 102 valence electrons. The summed E-state index contributed by atoms with van der Waals surface area (Å²) in [6.45, 7) is 2.37. The van der Waals surface area contributed by atoms with Crippen molar-refractivity contribution in [2.45, 2.75) is 19.4 Å². The Kier molecular flexibility index (Phi) is 3.37. The van der Waals surface area contributed by atoms with E-state index in [-0.39, 0.29) is 11.9 Å². The molecule has 1 N–H and O–H groups in total. The average molecular weight is 268 g/mol. The van der Waals surface area contributed by atoms with Crippen molar-refractivity contribution in [1.82, 2.24) is 10.3 Å². The molecule has 2 heterocycles. The molecule has 20 heavy (non-hydrogen) atoms. The normalized spacial score (nSPS) is 16.9. The van der Waals surface area contributed by atoms with Gasteiger partial charge in [0.2, 0.25) is 0 Å². The Morgan fingerprint density at radius 1 is 1.25 bits per heavy atom. The Hall–Kier alpha value is -2.36. The lowest BCUT2D eigenvalue weighted by molar-refractivity contribution is 0.0910. The molecule has 0 aliphatic carbocycles. The second kappa shape index (κ2) is 5.33. The van der Waals surface area contributed by atoms with Gasteiger partial charge in [0.05, 0.1) is 6.04 Å². The van der Waals surface area contributed by atoms with Gasteiger partial charge in [-0.1, -0.05) is 24.3 Å². The number of nitrogens with zero attached hydrogens (tertiary/aromatic N) is 1. The Morgan fingerprint density at radius 2 is 2.10 bits per heavy atom. The number of benzene rings is 1. The summed E-state index contributed by atoms with van der Waals surface area (Å²) >= 11 is 0. The van der Waals surface area contributed by atoms with Crippen LogP contribution in [0.1, 0.15) is 21.7 Å². The maximum atomic E-state index is 12.1. The molecule has 0 fully saturated rings. The lowest BCUT2D eigenvalue weighted by Gasteiger charge is -2.25. The van der Waals surface area contributed by atoms with Crippen molar-refractivity contribution in [2.75, 3.05) is 6.61 Å². The van der Waals surface area contributed by atoms with Gasteiger partial charge >= 0.3 is 0 Å². The van der Waals surface area contributed by atoms with E-state index in [0.29, 0.717) is 12.3 Å². The van der Waals surface area contributed by atoms with Crippen LogP contribution in [0, 0.1) is 6.92 Å². The number of hydrogen-bond donors (Lipinski definition) is 1. The fourth-order valence-corrected chi connectivity index (χ4v) is 2.35. The lowest BCUT2D eigenvalue weighted by Crippen LogP contribution is -2.43. The second-order valence-corrected chi connectivity index (χ2v) is 4.96. The van der Waals surface area contributed by atoms with Crippen LogP contribution in [0.25, 0.3) is 0 Å². The second-order valence-electron chi connectivity index (χ2n) is 4.96. The van der Waals surface area contributed by atoms with Crippen molar-refractivity contribution in [3.8, 4) is 5.75 Å². The molecule has 0 saturated heterocycles. The minimum Gasteiger partial charge on any atom is -0.491 e. The number of aromatic nitrogens is 1. The van der Waals surface area contributed by atoms with Gasteiger partial charge in [-0.15, -0.1) is 0 Å². The molecule has 1 aliphatic rings. The first-order valence-corrected chi connectivity index (χ1v) is 6.67. The molecule has 0 bridgehead atoms. The van der Waals surface area contributed by atoms with E-state index in [4.69, 9.17) is 4.74 Å². The fourth-order valence-electron chi connectivity index (χ4n) is 2.35. The largest absolute Gasteiger partial charge is 0.491 e. The summed E-state index contributed by atoms with van der Waals surface area (Å²) in [6, 6.07) is 13.3. The van der Waals surface area contributed by atoms with Crippen molar-refractivity contribution in [3.63, 3.8) is 0 Å². The molecular weight excluding hydrogens is 252 g/mol. The minimum atomic E-state index is -0.151. The smallest absolute Gasteiger partial charge is 0.270 e. The van der Waals surface area contributed by atoms with Gasteiger partial charge in [-0.05, 0) is 37.1 Å². The number of aryl methyl sites for hydroxylation is 1. The quantitative estimate of drug-likeness (QED) is 0.907. The molecule has 3 rings (SSSR count). The molecule has 0 saturated carbocycles. The van der Waals surface area contributed by atoms with E-state index in [1.54, 1.807) is 6.07 Å². The number of ether oxygens (including phenoxy) is 1. The third-order valence-electron chi connectivity index (χ3n) is 3.34. The third kappa shape index (κ3) is 2.64. The van der Waals surface area contributed by atoms with Crippen LogP contribution in [-0.4, -0.2) is 23.5 Å². The summed E-state index contributed by atoms with van der Waals surface area (Å²) in [5, 5.41) is 2.98. The van der Waals surface area contributed by atoms with Crippen molar-refractivity contribution < 1.29 is 9.53 Å². The zero-order valence-electron chi connectivity index (χ0n) is 11.3. The van der Waals surface area contributed by atoms with Crippen molar-refractivity contribution >= 4 is 5.91 Å². The van der Waals surface area contributed by atoms with Gasteiger partial charge in [0.25, 0.3) is 5.91 Å². The molecule has 2 aromatic rings. The standard InChI is InChI=1S/C16H16N2O2/c1-11-5-4-7-14(17-11)16(19)18-13-9-12-6-2-3-8-15(12)20-10-13/h2-8,13H,9-10H2,1H3,(H,18,19). The van der Waals surface area contributed by atoms with Gasteiger partial charge in [-0.25, -0.2) is 4.98 Å². The Bertz CT molecular complexity index is 640. The zero-order valence-corrected chi connectivity index (χ0v) is 11.3. The predicted molar refractivity (Wildman–Crippen MR) is 75.9 cm³/mol. The van der Waals surface area contributed by atoms with Gasteiger partial charge in [0.1, 0.15) is 18.1 Å². The predicted octanol–water partition coefficient (Wildman–Crippen LogP) is 2.12. The summed E-state index contributed by atoms with van der Waals surface area (Å²) in [5.74, 6) is 0.758. The van der Waals surface area contributed by atoms with Crippen LogP contribution in [0.15, 0.2) is 42.5 Å². The highest BCUT2D eigenvalue weighted by molar-refractivity contribution is 5.92. The van der Waals surface area contributed by atoms with E-state index in [1.807, 2.05) is 43.3 Å². The number of amides is 1. The molecule has 0 spiro atoms. The lowest BCUT2D eigenvalue weighted by atomic mass is 10.0. The van der Waals surface area contributed by atoms with E-state index in [2.05, 4.69) is 10.3 Å². The van der Waals surface area contributed by atoms with Crippen molar-refractivity contribution in [3.05, 3.63) is 59.4 Å². The first-order chi connectivity index (χ1) is 9.72. The first kappa shape index (κ1) is 12.7. The van der Waals surface area contributed by atoms with Gasteiger partial charge < -0.3 is 10.1 Å². The van der Waals surface area contributed by atoms with Crippen LogP contribution in [0.5, 0.6) is 5.75 Å². The van der Waals surface area contributed by atoms with E-state index < -0.39 is 0 Å². The summed E-state index contributed by atoms with van der Waals surface area (Å²) < 4.78 is 5.66. The van der Waals surface area contributed by atoms with Crippen molar-refractivity contribution in [2.24, 2.45) is 0 Å². The van der Waals surface area contributed by atoms with Gasteiger partial charge in [-0.2, -0.15) is 0 Å². The van der Waals surface area contributed by atoms with E-state index >= 15 is 0 Å². The number of rotatable bonds is 2. The molecule has 0 radical (unpaired) electrons. The summed E-state index contributed by atoms with van der Waals surface area (Å²) in [5.41, 5.74) is 2.41. The zero-order chi connectivity index (χ0) is 13.9. The van der Waals surface area contributed by atoms with Crippen LogP contribution in [0.2, 0.25) is 0 Å². The number of fused-ring (bicyclic) bond motifs is 1. The first-order valence-electron chi connectivity index (χ1n) is 6.67.